The monoisotopic (exact) mass is 333 g/mol. The lowest BCUT2D eigenvalue weighted by Crippen LogP contribution is -2.27. The lowest BCUT2D eigenvalue weighted by molar-refractivity contribution is 0.0636. The first kappa shape index (κ1) is 17.3. The van der Waals surface area contributed by atoms with Crippen molar-refractivity contribution in [2.75, 3.05) is 10.6 Å². The van der Waals surface area contributed by atoms with Crippen molar-refractivity contribution in [3.63, 3.8) is 0 Å². The van der Waals surface area contributed by atoms with Gasteiger partial charge in [0.25, 0.3) is 0 Å². The number of hydrogen-bond acceptors (Lipinski definition) is 5. The summed E-state index contributed by atoms with van der Waals surface area (Å²) < 4.78 is 5.26. The van der Waals surface area contributed by atoms with Gasteiger partial charge in [0.15, 0.2) is 0 Å². The van der Waals surface area contributed by atoms with Gasteiger partial charge in [-0.25, -0.2) is 9.78 Å². The van der Waals surface area contributed by atoms with E-state index in [0.29, 0.717) is 5.69 Å². The first-order valence-corrected chi connectivity index (χ1v) is 8.39. The van der Waals surface area contributed by atoms with Gasteiger partial charge in [0, 0.05) is 16.8 Å². The minimum absolute atomic E-state index is 0.0942. The van der Waals surface area contributed by atoms with Crippen LogP contribution < -0.4 is 10.6 Å². The molecule has 0 aliphatic carbocycles. The zero-order chi connectivity index (χ0) is 17.0. The van der Waals surface area contributed by atoms with E-state index >= 15 is 0 Å². The highest BCUT2D eigenvalue weighted by molar-refractivity contribution is 7.09. The number of thiazole rings is 1. The number of nitrogens with one attached hydrogen (secondary N) is 2. The number of carbonyl (C=O) groups excluding carboxylic acids is 1. The molecule has 1 amide bonds. The van der Waals surface area contributed by atoms with Crippen LogP contribution in [-0.4, -0.2) is 16.7 Å². The van der Waals surface area contributed by atoms with E-state index in [4.69, 9.17) is 4.74 Å². The Hall–Kier alpha value is -2.08. The molecule has 2 rings (SSSR count). The number of rotatable bonds is 4. The van der Waals surface area contributed by atoms with Crippen LogP contribution in [0.25, 0.3) is 0 Å². The first-order valence-electron chi connectivity index (χ1n) is 7.51. The van der Waals surface area contributed by atoms with Crippen molar-refractivity contribution in [2.45, 2.75) is 46.3 Å². The lowest BCUT2D eigenvalue weighted by atomic mass is 10.2. The Bertz CT molecular complexity index is 676. The highest BCUT2D eigenvalue weighted by Gasteiger charge is 2.16. The number of ether oxygens (including phenoxy) is 1. The maximum absolute atomic E-state index is 11.8. The Morgan fingerprint density at radius 2 is 2.00 bits per heavy atom. The van der Waals surface area contributed by atoms with E-state index in [1.54, 1.807) is 11.3 Å². The second kappa shape index (κ2) is 7.00. The third kappa shape index (κ3) is 5.56. The van der Waals surface area contributed by atoms with E-state index in [-0.39, 0.29) is 6.04 Å². The molecule has 1 atom stereocenters. The van der Waals surface area contributed by atoms with Gasteiger partial charge in [-0.1, -0.05) is 6.07 Å². The maximum Gasteiger partial charge on any atom is 0.412 e. The summed E-state index contributed by atoms with van der Waals surface area (Å²) in [6.45, 7) is 9.56. The summed E-state index contributed by atoms with van der Waals surface area (Å²) in [6.07, 6.45) is -0.460. The molecule has 2 N–H and O–H groups in total. The highest BCUT2D eigenvalue weighted by Crippen LogP contribution is 2.23. The molecule has 124 valence electrons. The smallest absolute Gasteiger partial charge is 0.412 e. The number of anilines is 2. The summed E-state index contributed by atoms with van der Waals surface area (Å²) in [4.78, 5) is 16.3. The molecular formula is C17H23N3O2S. The molecule has 1 unspecified atom stereocenters. The highest BCUT2D eigenvalue weighted by atomic mass is 32.1. The summed E-state index contributed by atoms with van der Waals surface area (Å²) >= 11 is 1.64. The van der Waals surface area contributed by atoms with Gasteiger partial charge >= 0.3 is 6.09 Å². The van der Waals surface area contributed by atoms with E-state index < -0.39 is 11.7 Å². The lowest BCUT2D eigenvalue weighted by Gasteiger charge is -2.20. The van der Waals surface area contributed by atoms with Crippen molar-refractivity contribution in [3.8, 4) is 0 Å². The number of aryl methyl sites for hydroxylation is 1. The maximum atomic E-state index is 11.8. The number of amides is 1. The molecule has 1 heterocycles. The molecule has 1 aromatic heterocycles. The Balaban J connectivity index is 2.01. The fourth-order valence-electron chi connectivity index (χ4n) is 2.01. The van der Waals surface area contributed by atoms with Crippen molar-refractivity contribution in [2.24, 2.45) is 0 Å². The summed E-state index contributed by atoms with van der Waals surface area (Å²) in [5, 5.41) is 9.23. The third-order valence-corrected chi connectivity index (χ3v) is 3.76. The van der Waals surface area contributed by atoms with Gasteiger partial charge in [0.2, 0.25) is 0 Å². The quantitative estimate of drug-likeness (QED) is 0.829. The predicted octanol–water partition coefficient (Wildman–Crippen LogP) is 4.97. The molecule has 2 aromatic rings. The number of benzene rings is 1. The Labute approximate surface area is 141 Å². The van der Waals surface area contributed by atoms with Gasteiger partial charge in [-0.3, -0.25) is 5.32 Å². The van der Waals surface area contributed by atoms with Crippen LogP contribution in [0, 0.1) is 6.92 Å². The summed E-state index contributed by atoms with van der Waals surface area (Å²) in [6, 6.07) is 7.63. The molecule has 5 nitrogen and oxygen atoms in total. The van der Waals surface area contributed by atoms with Gasteiger partial charge in [-0.2, -0.15) is 0 Å². The SMILES string of the molecule is Cc1nc(C(C)Nc2cccc(NC(=O)OC(C)(C)C)c2)cs1. The Morgan fingerprint density at radius 3 is 2.61 bits per heavy atom. The molecule has 0 aliphatic rings. The Morgan fingerprint density at radius 1 is 1.30 bits per heavy atom. The third-order valence-electron chi connectivity index (χ3n) is 2.97. The number of aromatic nitrogens is 1. The van der Waals surface area contributed by atoms with E-state index in [2.05, 4.69) is 27.9 Å². The van der Waals surface area contributed by atoms with Crippen LogP contribution in [0.4, 0.5) is 16.2 Å². The second-order valence-corrected chi connectivity index (χ2v) is 7.43. The fourth-order valence-corrected chi connectivity index (χ4v) is 2.72. The second-order valence-electron chi connectivity index (χ2n) is 6.37. The molecule has 23 heavy (non-hydrogen) atoms. The van der Waals surface area contributed by atoms with Crippen LogP contribution in [0.3, 0.4) is 0 Å². The zero-order valence-electron chi connectivity index (χ0n) is 14.1. The van der Waals surface area contributed by atoms with Crippen molar-refractivity contribution < 1.29 is 9.53 Å². The molecule has 0 spiro atoms. The van der Waals surface area contributed by atoms with Crippen LogP contribution in [0.1, 0.15) is 44.4 Å². The van der Waals surface area contributed by atoms with Gasteiger partial charge < -0.3 is 10.1 Å². The molecule has 0 saturated carbocycles. The summed E-state index contributed by atoms with van der Waals surface area (Å²) in [5.41, 5.74) is 2.09. The normalized spacial score (nSPS) is 12.6. The standard InChI is InChI=1S/C17H23N3O2S/c1-11(15-10-23-12(2)19-15)18-13-7-6-8-14(9-13)20-16(21)22-17(3,4)5/h6-11,18H,1-5H3,(H,20,21). The van der Waals surface area contributed by atoms with Gasteiger partial charge in [0.05, 0.1) is 16.7 Å². The van der Waals surface area contributed by atoms with Crippen molar-refractivity contribution in [3.05, 3.63) is 40.3 Å². The molecule has 6 heteroatoms. The van der Waals surface area contributed by atoms with Crippen molar-refractivity contribution >= 4 is 28.8 Å². The van der Waals surface area contributed by atoms with E-state index in [0.717, 1.165) is 16.4 Å². The molecule has 0 fully saturated rings. The van der Waals surface area contributed by atoms with Crippen molar-refractivity contribution in [1.82, 2.24) is 4.98 Å². The largest absolute Gasteiger partial charge is 0.444 e. The van der Waals surface area contributed by atoms with Crippen LogP contribution in [0.15, 0.2) is 29.6 Å². The topological polar surface area (TPSA) is 63.2 Å². The van der Waals surface area contributed by atoms with E-state index in [1.165, 1.54) is 0 Å². The van der Waals surface area contributed by atoms with Gasteiger partial charge in [-0.15, -0.1) is 11.3 Å². The summed E-state index contributed by atoms with van der Waals surface area (Å²) in [7, 11) is 0. The number of hydrogen-bond donors (Lipinski definition) is 2. The zero-order valence-corrected chi connectivity index (χ0v) is 15.0. The molecule has 0 bridgehead atoms. The van der Waals surface area contributed by atoms with Crippen LogP contribution >= 0.6 is 11.3 Å². The van der Waals surface area contributed by atoms with E-state index in [9.17, 15) is 4.79 Å². The van der Waals surface area contributed by atoms with Crippen LogP contribution in [-0.2, 0) is 4.74 Å². The van der Waals surface area contributed by atoms with Gasteiger partial charge in [0.1, 0.15) is 5.60 Å². The fraction of sp³-hybridized carbons (Fsp3) is 0.412. The molecule has 0 radical (unpaired) electrons. The van der Waals surface area contributed by atoms with Crippen molar-refractivity contribution in [1.29, 1.82) is 0 Å². The van der Waals surface area contributed by atoms with Crippen LogP contribution in [0.5, 0.6) is 0 Å². The van der Waals surface area contributed by atoms with Crippen LogP contribution in [0.2, 0.25) is 0 Å². The molecular weight excluding hydrogens is 310 g/mol. The van der Waals surface area contributed by atoms with E-state index in [1.807, 2.05) is 52.0 Å². The molecule has 0 aliphatic heterocycles. The average Bonchev–Trinajstić information content (AvgIpc) is 2.83. The molecule has 0 saturated heterocycles. The average molecular weight is 333 g/mol. The number of carbonyl (C=O) groups is 1. The first-order chi connectivity index (χ1) is 10.7. The minimum Gasteiger partial charge on any atom is -0.444 e. The molecule has 1 aromatic carbocycles. The minimum atomic E-state index is -0.517. The Kier molecular flexibility index (Phi) is 5.26. The van der Waals surface area contributed by atoms with Gasteiger partial charge in [-0.05, 0) is 52.8 Å². The summed E-state index contributed by atoms with van der Waals surface area (Å²) in [5.74, 6) is 0. The predicted molar refractivity (Wildman–Crippen MR) is 95.2 cm³/mol. The number of nitrogens with zero attached hydrogens (tertiary/aromatic N) is 1.